The Morgan fingerprint density at radius 1 is 1.35 bits per heavy atom. The molecule has 3 aliphatic rings. The molecule has 3 rings (SSSR count). The van der Waals surface area contributed by atoms with Gasteiger partial charge in [0.1, 0.15) is 10.9 Å². The maximum Gasteiger partial charge on any atom is 0.328 e. The van der Waals surface area contributed by atoms with E-state index < -0.39 is 12.1 Å². The number of carbonyl (C=O) groups is 3. The highest BCUT2D eigenvalue weighted by molar-refractivity contribution is 8.02. The van der Waals surface area contributed by atoms with Crippen molar-refractivity contribution in [1.29, 1.82) is 0 Å². The molecule has 1 unspecified atom stereocenters. The minimum atomic E-state index is -0.670. The SMILES string of the molecule is CC(C)CN1C(=O)NC2=C(C(=O)N3CCOCC3)SNC2C1=O. The van der Waals surface area contributed by atoms with Crippen LogP contribution in [0.15, 0.2) is 10.6 Å². The first kappa shape index (κ1) is 16.3. The zero-order chi connectivity index (χ0) is 16.6. The molecule has 0 spiro atoms. The van der Waals surface area contributed by atoms with Gasteiger partial charge in [0, 0.05) is 19.6 Å². The molecule has 0 saturated carbocycles. The Balaban J connectivity index is 1.80. The van der Waals surface area contributed by atoms with Crippen LogP contribution in [0.5, 0.6) is 0 Å². The molecule has 2 fully saturated rings. The molecular weight excluding hydrogens is 320 g/mol. The number of morpholine rings is 1. The van der Waals surface area contributed by atoms with Gasteiger partial charge in [0.25, 0.3) is 11.8 Å². The Morgan fingerprint density at radius 2 is 2.04 bits per heavy atom. The third-order valence-electron chi connectivity index (χ3n) is 3.85. The molecule has 3 heterocycles. The number of hydrogen-bond donors (Lipinski definition) is 2. The molecule has 4 amide bonds. The monoisotopic (exact) mass is 340 g/mol. The molecule has 126 valence electrons. The number of ether oxygens (including phenoxy) is 1. The number of hydrogen-bond acceptors (Lipinski definition) is 6. The summed E-state index contributed by atoms with van der Waals surface area (Å²) in [4.78, 5) is 40.6. The quantitative estimate of drug-likeness (QED) is 0.697. The first-order valence-corrected chi connectivity index (χ1v) is 8.46. The van der Waals surface area contributed by atoms with Gasteiger partial charge < -0.3 is 15.0 Å². The van der Waals surface area contributed by atoms with Crippen molar-refractivity contribution in [3.05, 3.63) is 10.6 Å². The number of urea groups is 1. The van der Waals surface area contributed by atoms with Gasteiger partial charge in [-0.15, -0.1) is 0 Å². The fraction of sp³-hybridized carbons (Fsp3) is 0.643. The van der Waals surface area contributed by atoms with Crippen molar-refractivity contribution >= 4 is 29.8 Å². The summed E-state index contributed by atoms with van der Waals surface area (Å²) in [6.07, 6.45) is 0. The van der Waals surface area contributed by atoms with Crippen molar-refractivity contribution in [2.75, 3.05) is 32.8 Å². The van der Waals surface area contributed by atoms with Crippen LogP contribution >= 0.6 is 11.9 Å². The number of nitrogens with zero attached hydrogens (tertiary/aromatic N) is 2. The molecule has 3 aliphatic heterocycles. The van der Waals surface area contributed by atoms with Gasteiger partial charge in [-0.3, -0.25) is 14.5 Å². The van der Waals surface area contributed by atoms with Crippen LogP contribution in [0.4, 0.5) is 4.79 Å². The summed E-state index contributed by atoms with van der Waals surface area (Å²) in [5.74, 6) is -0.304. The molecule has 0 bridgehead atoms. The lowest BCUT2D eigenvalue weighted by atomic mass is 10.1. The van der Waals surface area contributed by atoms with E-state index in [2.05, 4.69) is 10.0 Å². The molecule has 0 aromatic rings. The summed E-state index contributed by atoms with van der Waals surface area (Å²) in [5.41, 5.74) is 0.376. The predicted molar refractivity (Wildman–Crippen MR) is 84.0 cm³/mol. The lowest BCUT2D eigenvalue weighted by Crippen LogP contribution is -2.58. The average molecular weight is 340 g/mol. The Bertz CT molecular complexity index is 571. The molecule has 2 N–H and O–H groups in total. The van der Waals surface area contributed by atoms with E-state index in [-0.39, 0.29) is 17.7 Å². The van der Waals surface area contributed by atoms with Crippen molar-refractivity contribution in [2.24, 2.45) is 5.92 Å². The van der Waals surface area contributed by atoms with Crippen LogP contribution in [0.2, 0.25) is 0 Å². The Hall–Kier alpha value is -1.58. The molecule has 8 nitrogen and oxygen atoms in total. The lowest BCUT2D eigenvalue weighted by molar-refractivity contribution is -0.130. The van der Waals surface area contributed by atoms with E-state index >= 15 is 0 Å². The highest BCUT2D eigenvalue weighted by Crippen LogP contribution is 2.32. The number of amides is 4. The van der Waals surface area contributed by atoms with Crippen LogP contribution < -0.4 is 10.0 Å². The summed E-state index contributed by atoms with van der Waals surface area (Å²) in [5, 5.41) is 2.72. The second-order valence-corrected chi connectivity index (χ2v) is 6.92. The highest BCUT2D eigenvalue weighted by atomic mass is 32.2. The van der Waals surface area contributed by atoms with Crippen molar-refractivity contribution in [2.45, 2.75) is 19.9 Å². The lowest BCUT2D eigenvalue weighted by Gasteiger charge is -2.32. The Morgan fingerprint density at radius 3 is 2.70 bits per heavy atom. The van der Waals surface area contributed by atoms with E-state index in [0.717, 1.165) is 11.9 Å². The van der Waals surface area contributed by atoms with Crippen LogP contribution in [-0.2, 0) is 14.3 Å². The Kier molecular flexibility index (Phi) is 4.60. The van der Waals surface area contributed by atoms with Crippen molar-refractivity contribution in [1.82, 2.24) is 19.8 Å². The highest BCUT2D eigenvalue weighted by Gasteiger charge is 2.45. The zero-order valence-electron chi connectivity index (χ0n) is 13.1. The third kappa shape index (κ3) is 3.08. The first-order valence-electron chi connectivity index (χ1n) is 7.65. The van der Waals surface area contributed by atoms with Crippen molar-refractivity contribution < 1.29 is 19.1 Å². The summed E-state index contributed by atoms with van der Waals surface area (Å²) < 4.78 is 8.20. The van der Waals surface area contributed by atoms with Gasteiger partial charge in [0.05, 0.1) is 18.9 Å². The molecule has 0 aliphatic carbocycles. The maximum absolute atomic E-state index is 12.6. The van der Waals surface area contributed by atoms with Gasteiger partial charge in [0.15, 0.2) is 0 Å². The van der Waals surface area contributed by atoms with Gasteiger partial charge >= 0.3 is 6.03 Å². The van der Waals surface area contributed by atoms with Crippen molar-refractivity contribution in [3.63, 3.8) is 0 Å². The van der Waals surface area contributed by atoms with Gasteiger partial charge in [-0.05, 0) is 17.9 Å². The van der Waals surface area contributed by atoms with Gasteiger partial charge in [-0.1, -0.05) is 13.8 Å². The summed E-state index contributed by atoms with van der Waals surface area (Å²) in [7, 11) is 0. The molecule has 1 atom stereocenters. The fourth-order valence-electron chi connectivity index (χ4n) is 2.71. The third-order valence-corrected chi connectivity index (χ3v) is 4.80. The average Bonchev–Trinajstić information content (AvgIpc) is 2.95. The van der Waals surface area contributed by atoms with E-state index in [1.54, 1.807) is 4.90 Å². The molecule has 0 aromatic heterocycles. The number of fused-ring (bicyclic) bond motifs is 1. The molecule has 0 aromatic carbocycles. The topological polar surface area (TPSA) is 91.0 Å². The van der Waals surface area contributed by atoms with Crippen LogP contribution in [-0.4, -0.2) is 66.5 Å². The first-order chi connectivity index (χ1) is 11.0. The largest absolute Gasteiger partial charge is 0.378 e. The van der Waals surface area contributed by atoms with Crippen LogP contribution in [0, 0.1) is 5.92 Å². The minimum absolute atomic E-state index is 0.172. The minimum Gasteiger partial charge on any atom is -0.378 e. The number of rotatable bonds is 3. The van der Waals surface area contributed by atoms with Crippen LogP contribution in [0.1, 0.15) is 13.8 Å². The van der Waals surface area contributed by atoms with E-state index in [0.29, 0.717) is 43.5 Å². The van der Waals surface area contributed by atoms with E-state index in [1.807, 2.05) is 13.8 Å². The standard InChI is InChI=1S/C14H20N4O4S/c1-8(2)7-18-12(19)10-9(15-14(18)21)11(23-16-10)13(20)17-3-5-22-6-4-17/h8,10,16H,3-7H2,1-2H3,(H,15,21). The van der Waals surface area contributed by atoms with Gasteiger partial charge in [0.2, 0.25) is 0 Å². The van der Waals surface area contributed by atoms with Crippen LogP contribution in [0.25, 0.3) is 0 Å². The van der Waals surface area contributed by atoms with Gasteiger partial charge in [-0.2, -0.15) is 0 Å². The normalized spacial score (nSPS) is 25.1. The summed E-state index contributed by atoms with van der Waals surface area (Å²) in [6.45, 7) is 6.27. The number of imide groups is 1. The van der Waals surface area contributed by atoms with E-state index in [9.17, 15) is 14.4 Å². The maximum atomic E-state index is 12.6. The fourth-order valence-corrected chi connectivity index (χ4v) is 3.66. The second-order valence-electron chi connectivity index (χ2n) is 6.07. The molecule has 23 heavy (non-hydrogen) atoms. The van der Waals surface area contributed by atoms with E-state index in [4.69, 9.17) is 4.74 Å². The molecule has 0 radical (unpaired) electrons. The summed E-state index contributed by atoms with van der Waals surface area (Å²) >= 11 is 1.11. The number of nitrogens with one attached hydrogen (secondary N) is 2. The molecular formula is C14H20N4O4S. The molecule has 9 heteroatoms. The smallest absolute Gasteiger partial charge is 0.328 e. The zero-order valence-corrected chi connectivity index (χ0v) is 13.9. The van der Waals surface area contributed by atoms with E-state index in [1.165, 1.54) is 4.90 Å². The van der Waals surface area contributed by atoms with Gasteiger partial charge in [-0.25, -0.2) is 9.52 Å². The Labute approximate surface area is 138 Å². The van der Waals surface area contributed by atoms with Crippen LogP contribution in [0.3, 0.4) is 0 Å². The summed E-state index contributed by atoms with van der Waals surface area (Å²) in [6, 6.07) is -1.14. The van der Waals surface area contributed by atoms with Crippen molar-refractivity contribution in [3.8, 4) is 0 Å². The molecule has 2 saturated heterocycles. The number of carbonyl (C=O) groups excluding carboxylic acids is 3. The second kappa shape index (κ2) is 6.50. The predicted octanol–water partition coefficient (Wildman–Crippen LogP) is -0.115.